The van der Waals surface area contributed by atoms with Crippen LogP contribution in [0.3, 0.4) is 0 Å². The average Bonchev–Trinajstić information content (AvgIpc) is 3.09. The molecule has 0 spiro atoms. The summed E-state index contributed by atoms with van der Waals surface area (Å²) in [6.45, 7) is 3.97. The smallest absolute Gasteiger partial charge is 0.164 e. The van der Waals surface area contributed by atoms with Crippen LogP contribution in [0.5, 0.6) is 0 Å². The lowest BCUT2D eigenvalue weighted by Gasteiger charge is -2.10. The van der Waals surface area contributed by atoms with Gasteiger partial charge in [-0.2, -0.15) is 0 Å². The van der Waals surface area contributed by atoms with Crippen molar-refractivity contribution in [2.45, 2.75) is 13.8 Å². The van der Waals surface area contributed by atoms with Gasteiger partial charge in [0.05, 0.1) is 0 Å². The maximum Gasteiger partial charge on any atom is 0.164 e. The molecule has 5 nitrogen and oxygen atoms in total. The highest BCUT2D eigenvalue weighted by Gasteiger charge is 2.14. The molecule has 0 unspecified atom stereocenters. The zero-order valence-electron chi connectivity index (χ0n) is 24.5. The van der Waals surface area contributed by atoms with E-state index in [4.69, 9.17) is 15.0 Å². The predicted octanol–water partition coefficient (Wildman–Crippen LogP) is 9.28. The molecule has 2 aromatic heterocycles. The Morgan fingerprint density at radius 1 is 0.273 bits per heavy atom. The average molecular weight is 568 g/mol. The van der Waals surface area contributed by atoms with Crippen LogP contribution in [0.2, 0.25) is 0 Å². The van der Waals surface area contributed by atoms with Crippen molar-refractivity contribution in [1.82, 2.24) is 24.9 Å². The van der Waals surface area contributed by atoms with E-state index in [1.165, 1.54) is 11.1 Å². The second kappa shape index (κ2) is 11.8. The van der Waals surface area contributed by atoms with E-state index in [1.54, 1.807) is 0 Å². The Morgan fingerprint density at radius 2 is 0.523 bits per heavy atom. The molecule has 210 valence electrons. The fraction of sp³-hybridized carbons (Fsp3) is 0.0513. The molecule has 0 radical (unpaired) electrons. The largest absolute Gasteiger partial charge is 0.233 e. The Labute approximate surface area is 257 Å². The van der Waals surface area contributed by atoms with Crippen molar-refractivity contribution in [1.29, 1.82) is 0 Å². The summed E-state index contributed by atoms with van der Waals surface area (Å²) in [5.41, 5.74) is 10.2. The second-order valence-electron chi connectivity index (χ2n) is 10.7. The van der Waals surface area contributed by atoms with Crippen LogP contribution >= 0.6 is 0 Å². The van der Waals surface area contributed by atoms with Gasteiger partial charge < -0.3 is 0 Å². The molecule has 7 rings (SSSR count). The third kappa shape index (κ3) is 5.76. The van der Waals surface area contributed by atoms with Crippen molar-refractivity contribution in [3.63, 3.8) is 0 Å². The quantitative estimate of drug-likeness (QED) is 0.200. The number of rotatable bonds is 6. The van der Waals surface area contributed by atoms with Gasteiger partial charge in [0.1, 0.15) is 0 Å². The van der Waals surface area contributed by atoms with Gasteiger partial charge in [-0.3, -0.25) is 0 Å². The summed E-state index contributed by atoms with van der Waals surface area (Å²) in [5.74, 6) is 2.57. The van der Waals surface area contributed by atoms with Crippen LogP contribution in [0.1, 0.15) is 11.4 Å². The van der Waals surface area contributed by atoms with Crippen LogP contribution < -0.4 is 0 Å². The van der Waals surface area contributed by atoms with Gasteiger partial charge in [-0.25, -0.2) is 24.9 Å². The number of aromatic nitrogens is 5. The highest BCUT2D eigenvalue weighted by molar-refractivity contribution is 5.72. The molecule has 0 aliphatic carbocycles. The van der Waals surface area contributed by atoms with E-state index in [0.717, 1.165) is 44.8 Å². The summed E-state index contributed by atoms with van der Waals surface area (Å²) < 4.78 is 0. The number of hydrogen-bond acceptors (Lipinski definition) is 5. The highest BCUT2D eigenvalue weighted by Crippen LogP contribution is 2.29. The van der Waals surface area contributed by atoms with Gasteiger partial charge in [-0.1, -0.05) is 133 Å². The van der Waals surface area contributed by atoms with E-state index in [0.29, 0.717) is 23.3 Å². The molecule has 0 amide bonds. The number of benzene rings is 5. The highest BCUT2D eigenvalue weighted by atomic mass is 15.0. The first-order valence-electron chi connectivity index (χ1n) is 14.6. The summed E-state index contributed by atoms with van der Waals surface area (Å²) >= 11 is 0. The molecule has 0 saturated carbocycles. The van der Waals surface area contributed by atoms with E-state index in [2.05, 4.69) is 82.8 Å². The molecule has 44 heavy (non-hydrogen) atoms. The summed E-state index contributed by atoms with van der Waals surface area (Å²) in [4.78, 5) is 24.1. The van der Waals surface area contributed by atoms with E-state index in [-0.39, 0.29) is 0 Å². The zero-order valence-corrected chi connectivity index (χ0v) is 24.5. The minimum Gasteiger partial charge on any atom is -0.233 e. The van der Waals surface area contributed by atoms with Gasteiger partial charge in [0, 0.05) is 33.6 Å². The molecule has 0 bridgehead atoms. The molecule has 5 heteroatoms. The normalized spacial score (nSPS) is 11.0. The molecule has 0 fully saturated rings. The second-order valence-corrected chi connectivity index (χ2v) is 10.7. The van der Waals surface area contributed by atoms with Gasteiger partial charge in [0.15, 0.2) is 23.3 Å². The summed E-state index contributed by atoms with van der Waals surface area (Å²) in [6, 6.07) is 47.5. The number of hydrogen-bond donors (Lipinski definition) is 0. The Balaban J connectivity index is 1.28. The van der Waals surface area contributed by atoms with Crippen LogP contribution in [0.4, 0.5) is 0 Å². The topological polar surface area (TPSA) is 64.5 Å². The summed E-state index contributed by atoms with van der Waals surface area (Å²) in [7, 11) is 0. The van der Waals surface area contributed by atoms with Crippen molar-refractivity contribution < 1.29 is 0 Å². The van der Waals surface area contributed by atoms with E-state index < -0.39 is 0 Å². The zero-order chi connectivity index (χ0) is 29.9. The van der Waals surface area contributed by atoms with Crippen molar-refractivity contribution in [3.8, 4) is 67.8 Å². The SMILES string of the molecule is Cc1cc(C)nc(-c2ccc(-c3nc(-c4ccc(-c5ccccc5)cc4)nc(-c4ccc(-c5ccccc5)cc4)n3)cc2)n1. The Morgan fingerprint density at radius 3 is 0.841 bits per heavy atom. The fourth-order valence-corrected chi connectivity index (χ4v) is 5.27. The Bertz CT molecular complexity index is 1920. The van der Waals surface area contributed by atoms with Crippen LogP contribution in [0.25, 0.3) is 67.8 Å². The van der Waals surface area contributed by atoms with Crippen LogP contribution in [0, 0.1) is 13.8 Å². The first kappa shape index (κ1) is 27.0. The molecule has 7 aromatic rings. The maximum absolute atomic E-state index is 4.95. The monoisotopic (exact) mass is 567 g/mol. The predicted molar refractivity (Wildman–Crippen MR) is 178 cm³/mol. The maximum atomic E-state index is 4.95. The van der Waals surface area contributed by atoms with Crippen LogP contribution in [-0.2, 0) is 0 Å². The Kier molecular flexibility index (Phi) is 7.27. The molecule has 0 atom stereocenters. The Hall–Kier alpha value is -5.81. The third-order valence-electron chi connectivity index (χ3n) is 7.52. The van der Waals surface area contributed by atoms with Crippen molar-refractivity contribution in [3.05, 3.63) is 151 Å². The lowest BCUT2D eigenvalue weighted by molar-refractivity contribution is 1.06. The first-order valence-corrected chi connectivity index (χ1v) is 14.6. The minimum atomic E-state index is 0.608. The lowest BCUT2D eigenvalue weighted by Crippen LogP contribution is -2.00. The van der Waals surface area contributed by atoms with Crippen LogP contribution in [0.15, 0.2) is 140 Å². The number of aryl methyl sites for hydroxylation is 2. The third-order valence-corrected chi connectivity index (χ3v) is 7.52. The summed E-state index contributed by atoms with van der Waals surface area (Å²) in [6.07, 6.45) is 0. The first-order chi connectivity index (χ1) is 21.6. The van der Waals surface area contributed by atoms with Crippen LogP contribution in [-0.4, -0.2) is 24.9 Å². The fourth-order valence-electron chi connectivity index (χ4n) is 5.27. The van der Waals surface area contributed by atoms with Gasteiger partial charge in [-0.05, 0) is 42.2 Å². The van der Waals surface area contributed by atoms with Crippen molar-refractivity contribution >= 4 is 0 Å². The molecular weight excluding hydrogens is 538 g/mol. The molecule has 0 aliphatic rings. The number of nitrogens with zero attached hydrogens (tertiary/aromatic N) is 5. The van der Waals surface area contributed by atoms with E-state index >= 15 is 0 Å². The van der Waals surface area contributed by atoms with Gasteiger partial charge in [-0.15, -0.1) is 0 Å². The minimum absolute atomic E-state index is 0.608. The molecule has 5 aromatic carbocycles. The lowest BCUT2D eigenvalue weighted by atomic mass is 10.0. The van der Waals surface area contributed by atoms with Gasteiger partial charge >= 0.3 is 0 Å². The molecule has 0 aliphatic heterocycles. The van der Waals surface area contributed by atoms with Crippen molar-refractivity contribution in [2.75, 3.05) is 0 Å². The molecule has 0 N–H and O–H groups in total. The van der Waals surface area contributed by atoms with Gasteiger partial charge in [0.2, 0.25) is 0 Å². The van der Waals surface area contributed by atoms with E-state index in [1.807, 2.05) is 80.6 Å². The standard InChI is InChI=1S/C39H29N5/c1-26-25-27(2)41-36(40-26)32-21-23-35(24-22-32)39-43-37(33-17-13-30(14-18-33)28-9-5-3-6-10-28)42-38(44-39)34-19-15-31(16-20-34)29-11-7-4-8-12-29/h3-25H,1-2H3. The molecule has 0 saturated heterocycles. The summed E-state index contributed by atoms with van der Waals surface area (Å²) in [5, 5.41) is 0. The van der Waals surface area contributed by atoms with Gasteiger partial charge in [0.25, 0.3) is 0 Å². The molecular formula is C39H29N5. The van der Waals surface area contributed by atoms with Crippen molar-refractivity contribution in [2.24, 2.45) is 0 Å². The van der Waals surface area contributed by atoms with E-state index in [9.17, 15) is 0 Å². The molecule has 2 heterocycles.